The Hall–Kier alpha value is -2.59. The number of ether oxygens (including phenoxy) is 1. The van der Waals surface area contributed by atoms with Crippen molar-refractivity contribution in [2.24, 2.45) is 0 Å². The van der Waals surface area contributed by atoms with Gasteiger partial charge in [-0.1, -0.05) is 12.1 Å². The molecule has 0 atom stereocenters. The van der Waals surface area contributed by atoms with Crippen LogP contribution in [0.4, 0.5) is 13.2 Å². The lowest BCUT2D eigenvalue weighted by Gasteiger charge is -2.10. The number of hydrogen-bond donors (Lipinski definition) is 1. The van der Waals surface area contributed by atoms with Gasteiger partial charge in [-0.25, -0.2) is 4.98 Å². The van der Waals surface area contributed by atoms with Crippen LogP contribution in [-0.4, -0.2) is 16.7 Å². The van der Waals surface area contributed by atoms with Gasteiger partial charge in [0.05, 0.1) is 5.56 Å². The van der Waals surface area contributed by atoms with Crippen molar-refractivity contribution in [1.82, 2.24) is 4.98 Å². The summed E-state index contributed by atoms with van der Waals surface area (Å²) in [6, 6.07) is 9.79. The largest absolute Gasteiger partial charge is 0.438 e. The first-order valence-corrected chi connectivity index (χ1v) is 6.30. The van der Waals surface area contributed by atoms with Crippen LogP contribution in [0.1, 0.15) is 16.8 Å². The molecule has 0 aliphatic rings. The fraction of sp³-hybridized carbons (Fsp3) is 0.200. The molecule has 1 aromatic carbocycles. The third-order valence-corrected chi connectivity index (χ3v) is 2.79. The zero-order valence-electron chi connectivity index (χ0n) is 11.3. The van der Waals surface area contributed by atoms with Crippen molar-refractivity contribution in [3.63, 3.8) is 0 Å². The van der Waals surface area contributed by atoms with E-state index in [0.29, 0.717) is 6.42 Å². The fourth-order valence-corrected chi connectivity index (χ4v) is 1.78. The third kappa shape index (κ3) is 3.74. The number of aliphatic hydroxyl groups is 1. The molecule has 1 heterocycles. The molecule has 0 aliphatic carbocycles. The highest BCUT2D eigenvalue weighted by Gasteiger charge is 2.32. The van der Waals surface area contributed by atoms with Crippen molar-refractivity contribution in [2.75, 3.05) is 6.61 Å². The van der Waals surface area contributed by atoms with E-state index in [-0.39, 0.29) is 23.8 Å². The lowest BCUT2D eigenvalue weighted by atomic mass is 10.1. The van der Waals surface area contributed by atoms with Crippen LogP contribution in [0.15, 0.2) is 36.4 Å². The zero-order chi connectivity index (χ0) is 16.2. The van der Waals surface area contributed by atoms with Crippen molar-refractivity contribution >= 4 is 0 Å². The highest BCUT2D eigenvalue weighted by Crippen LogP contribution is 2.30. The number of nitrogens with zero attached hydrogens (tertiary/aromatic N) is 2. The van der Waals surface area contributed by atoms with Crippen LogP contribution < -0.4 is 4.74 Å². The number of alkyl halides is 3. The third-order valence-electron chi connectivity index (χ3n) is 2.79. The monoisotopic (exact) mass is 308 g/mol. The smallest absolute Gasteiger partial charge is 0.433 e. The maximum absolute atomic E-state index is 12.6. The summed E-state index contributed by atoms with van der Waals surface area (Å²) in [6.45, 7) is -0.0692. The van der Waals surface area contributed by atoms with Gasteiger partial charge in [0, 0.05) is 12.7 Å². The molecule has 0 amide bonds. The Morgan fingerprint density at radius 1 is 1.23 bits per heavy atom. The molecule has 2 rings (SSSR count). The predicted molar refractivity (Wildman–Crippen MR) is 71.3 cm³/mol. The quantitative estimate of drug-likeness (QED) is 0.941. The van der Waals surface area contributed by atoms with Gasteiger partial charge in [0.1, 0.15) is 17.5 Å². The Labute approximate surface area is 124 Å². The summed E-state index contributed by atoms with van der Waals surface area (Å²) in [6.07, 6.45) is -4.20. The van der Waals surface area contributed by atoms with E-state index in [1.54, 1.807) is 6.07 Å². The molecule has 1 aromatic heterocycles. The molecule has 0 unspecified atom stereocenters. The Bertz CT molecular complexity index is 709. The molecular formula is C15H11F3N2O2. The van der Waals surface area contributed by atoms with E-state index in [2.05, 4.69) is 4.98 Å². The van der Waals surface area contributed by atoms with Gasteiger partial charge in [-0.2, -0.15) is 18.4 Å². The SMILES string of the molecule is N#Cc1cc(CCO)ccc1Oc1cccc(C(F)(F)F)n1. The lowest BCUT2D eigenvalue weighted by molar-refractivity contribution is -0.141. The van der Waals surface area contributed by atoms with Gasteiger partial charge in [-0.3, -0.25) is 0 Å². The molecule has 0 saturated carbocycles. The predicted octanol–water partition coefficient (Wildman–Crippen LogP) is 3.30. The Morgan fingerprint density at radius 3 is 2.64 bits per heavy atom. The van der Waals surface area contributed by atoms with Gasteiger partial charge >= 0.3 is 6.18 Å². The Balaban J connectivity index is 2.29. The Kier molecular flexibility index (Phi) is 4.63. The number of rotatable bonds is 4. The summed E-state index contributed by atoms with van der Waals surface area (Å²) in [5, 5.41) is 17.9. The topological polar surface area (TPSA) is 66.1 Å². The van der Waals surface area contributed by atoms with Gasteiger partial charge in [0.15, 0.2) is 0 Å². The van der Waals surface area contributed by atoms with Crippen LogP contribution in [0.2, 0.25) is 0 Å². The van der Waals surface area contributed by atoms with Crippen LogP contribution in [0.5, 0.6) is 11.6 Å². The van der Waals surface area contributed by atoms with Crippen LogP contribution in [-0.2, 0) is 12.6 Å². The van der Waals surface area contributed by atoms with E-state index in [4.69, 9.17) is 15.1 Å². The minimum absolute atomic E-state index is 0.0692. The van der Waals surface area contributed by atoms with Crippen molar-refractivity contribution in [3.05, 3.63) is 53.2 Å². The number of nitriles is 1. The highest BCUT2D eigenvalue weighted by molar-refractivity contribution is 5.47. The van der Waals surface area contributed by atoms with Crippen molar-refractivity contribution in [1.29, 1.82) is 5.26 Å². The lowest BCUT2D eigenvalue weighted by Crippen LogP contribution is -2.08. The summed E-state index contributed by atoms with van der Waals surface area (Å²) in [5.41, 5.74) is -0.186. The van der Waals surface area contributed by atoms with Gasteiger partial charge < -0.3 is 9.84 Å². The van der Waals surface area contributed by atoms with E-state index >= 15 is 0 Å². The molecule has 0 saturated heterocycles. The first-order chi connectivity index (χ1) is 10.4. The number of aliphatic hydroxyl groups excluding tert-OH is 1. The first-order valence-electron chi connectivity index (χ1n) is 6.30. The molecule has 1 N–H and O–H groups in total. The molecule has 7 heteroatoms. The molecule has 114 valence electrons. The molecule has 0 aliphatic heterocycles. The van der Waals surface area contributed by atoms with Crippen LogP contribution in [0.3, 0.4) is 0 Å². The normalized spacial score (nSPS) is 11.0. The minimum atomic E-state index is -4.57. The van der Waals surface area contributed by atoms with E-state index < -0.39 is 11.9 Å². The first kappa shape index (κ1) is 15.8. The van der Waals surface area contributed by atoms with E-state index in [9.17, 15) is 13.2 Å². The van der Waals surface area contributed by atoms with Gasteiger partial charge in [-0.15, -0.1) is 0 Å². The number of pyridine rings is 1. The molecule has 0 bridgehead atoms. The highest BCUT2D eigenvalue weighted by atomic mass is 19.4. The van der Waals surface area contributed by atoms with Crippen molar-refractivity contribution < 1.29 is 23.0 Å². The van der Waals surface area contributed by atoms with E-state index in [1.165, 1.54) is 24.3 Å². The number of benzene rings is 1. The number of halogens is 3. The molecular weight excluding hydrogens is 297 g/mol. The van der Waals surface area contributed by atoms with Crippen LogP contribution >= 0.6 is 0 Å². The zero-order valence-corrected chi connectivity index (χ0v) is 11.3. The van der Waals surface area contributed by atoms with Gasteiger partial charge in [0.2, 0.25) is 5.88 Å². The molecule has 0 spiro atoms. The molecule has 2 aromatic rings. The molecule has 0 radical (unpaired) electrons. The second-order valence-corrected chi connectivity index (χ2v) is 4.38. The summed E-state index contributed by atoms with van der Waals surface area (Å²) >= 11 is 0. The van der Waals surface area contributed by atoms with Crippen molar-refractivity contribution in [2.45, 2.75) is 12.6 Å². The van der Waals surface area contributed by atoms with Crippen LogP contribution in [0.25, 0.3) is 0 Å². The second-order valence-electron chi connectivity index (χ2n) is 4.38. The summed E-state index contributed by atoms with van der Waals surface area (Å²) in [4.78, 5) is 3.38. The van der Waals surface area contributed by atoms with Gasteiger partial charge in [0.25, 0.3) is 0 Å². The maximum Gasteiger partial charge on any atom is 0.433 e. The summed E-state index contributed by atoms with van der Waals surface area (Å²) < 4.78 is 43.1. The molecule has 22 heavy (non-hydrogen) atoms. The van der Waals surface area contributed by atoms with Gasteiger partial charge in [-0.05, 0) is 30.2 Å². The molecule has 4 nitrogen and oxygen atoms in total. The molecule has 0 fully saturated rings. The van der Waals surface area contributed by atoms with Crippen LogP contribution in [0, 0.1) is 11.3 Å². The average molecular weight is 308 g/mol. The van der Waals surface area contributed by atoms with E-state index in [1.807, 2.05) is 6.07 Å². The number of hydrogen-bond acceptors (Lipinski definition) is 4. The maximum atomic E-state index is 12.6. The van der Waals surface area contributed by atoms with Crippen molar-refractivity contribution in [3.8, 4) is 17.7 Å². The number of aromatic nitrogens is 1. The van der Waals surface area contributed by atoms with E-state index in [0.717, 1.165) is 11.6 Å². The standard InChI is InChI=1S/C15H11F3N2O2/c16-15(17,18)13-2-1-3-14(20-13)22-12-5-4-10(6-7-21)8-11(12)9-19/h1-5,8,21H,6-7H2. The average Bonchev–Trinajstić information content (AvgIpc) is 2.48. The Morgan fingerprint density at radius 2 is 2.00 bits per heavy atom. The summed E-state index contributed by atoms with van der Waals surface area (Å²) in [5.74, 6) is -0.141. The summed E-state index contributed by atoms with van der Waals surface area (Å²) in [7, 11) is 0. The minimum Gasteiger partial charge on any atom is -0.438 e. The second kappa shape index (κ2) is 6.45. The fourth-order valence-electron chi connectivity index (χ4n) is 1.78.